The van der Waals surface area contributed by atoms with Crippen molar-refractivity contribution in [1.82, 2.24) is 4.57 Å². The lowest BCUT2D eigenvalue weighted by Crippen LogP contribution is -2.72. The van der Waals surface area contributed by atoms with E-state index in [2.05, 4.69) is 193 Å². The van der Waals surface area contributed by atoms with Gasteiger partial charge in [-0.2, -0.15) is 4.57 Å². The molecule has 6 heteroatoms. The first-order valence-corrected chi connectivity index (χ1v) is 26.9. The van der Waals surface area contributed by atoms with Crippen LogP contribution in [0.4, 0.5) is 4.39 Å². The quantitative estimate of drug-likeness (QED) is 0.125. The van der Waals surface area contributed by atoms with Gasteiger partial charge in [-0.1, -0.05) is 112 Å². The molecular formula is C61H50FN3OSi+2. The third-order valence-corrected chi connectivity index (χ3v) is 16.7. The van der Waals surface area contributed by atoms with Gasteiger partial charge in [0.2, 0.25) is 5.69 Å². The lowest BCUT2D eigenvalue weighted by atomic mass is 9.88. The lowest BCUT2D eigenvalue weighted by Gasteiger charge is -2.25. The highest BCUT2D eigenvalue weighted by molar-refractivity contribution is 6.89. The van der Waals surface area contributed by atoms with Gasteiger partial charge in [0, 0.05) is 28.8 Å². The molecule has 67 heavy (non-hydrogen) atoms. The van der Waals surface area contributed by atoms with Gasteiger partial charge in [-0.3, -0.25) is 0 Å². The Kier molecular flexibility index (Phi) is 8.14. The molecule has 1 unspecified atom stereocenters. The van der Waals surface area contributed by atoms with Crippen molar-refractivity contribution < 1.29 is 19.3 Å². The Bertz CT molecular complexity index is 3940. The lowest BCUT2D eigenvalue weighted by molar-refractivity contribution is -0.944. The number of fused-ring (bicyclic) bond motifs is 18. The third-order valence-electron chi connectivity index (χ3n) is 14.7. The number of nitrogens with zero attached hydrogens (tertiary/aromatic N) is 3. The van der Waals surface area contributed by atoms with Gasteiger partial charge >= 0.3 is 11.5 Å². The molecule has 4 nitrogen and oxygen atoms in total. The summed E-state index contributed by atoms with van der Waals surface area (Å²) in [6, 6.07) is 57.7. The van der Waals surface area contributed by atoms with Crippen molar-refractivity contribution in [2.24, 2.45) is 0 Å². The summed E-state index contributed by atoms with van der Waals surface area (Å²) in [4.78, 5) is 0. The van der Waals surface area contributed by atoms with E-state index in [1.165, 1.54) is 45.1 Å². The molecule has 2 aliphatic rings. The fourth-order valence-corrected chi connectivity index (χ4v) is 13.5. The number of furan rings is 1. The van der Waals surface area contributed by atoms with Gasteiger partial charge in [0.15, 0.2) is 22.8 Å². The number of halogens is 1. The van der Waals surface area contributed by atoms with E-state index in [0.717, 1.165) is 94.3 Å². The second-order valence-electron chi connectivity index (χ2n) is 20.0. The third kappa shape index (κ3) is 5.45. The standard InChI is InChI=1S/C61H50FN3OSi/c1-36(2)49-34-54-48-17-11-12-18-50(48)61(63(54)35-55(49)67(5,6)7)51-30-29-47-46-28-24-42-33-41(40-21-25-44(62)26-22-40)23-27-45(42)58(46)66-59(47)56(51)60-64(52-19-13-14-20-53(52)65(60)61)57-37(3)31-43(32-38(57)4)39-15-9-8-10-16-39/h8-36H,1-7H3/q+2/i36D. The van der Waals surface area contributed by atoms with Crippen molar-refractivity contribution in [3.05, 3.63) is 204 Å². The monoisotopic (exact) mass is 888 g/mol. The Hall–Kier alpha value is -7.41. The molecule has 0 saturated carbocycles. The summed E-state index contributed by atoms with van der Waals surface area (Å²) in [6.45, 7) is 15.8. The Morgan fingerprint density at radius 1 is 0.642 bits per heavy atom. The van der Waals surface area contributed by atoms with E-state index in [0.29, 0.717) is 0 Å². The van der Waals surface area contributed by atoms with Gasteiger partial charge in [-0.05, 0) is 143 Å². The van der Waals surface area contributed by atoms with Crippen molar-refractivity contribution in [2.45, 2.75) is 58.9 Å². The first-order chi connectivity index (χ1) is 32.7. The van der Waals surface area contributed by atoms with Gasteiger partial charge in [0.05, 0.1) is 24.8 Å². The molecule has 0 radical (unpaired) electrons. The smallest absolute Gasteiger partial charge is 0.364 e. The van der Waals surface area contributed by atoms with Crippen LogP contribution < -0.4 is 14.3 Å². The maximum Gasteiger partial charge on any atom is 0.364 e. The van der Waals surface area contributed by atoms with Crippen LogP contribution in [0.15, 0.2) is 174 Å². The SMILES string of the molecule is [2H]C(C)(C)c1cc2[n+](cc1[Si](C)(C)C)C1(c3ccccc3-2)c2ccc3c(oc4c5ccc(-c6ccc(F)cc6)cc5ccc34)c2-c2n(-c3c(C)cc(-c4ccccc4)cc3C)c3ccccc3[n+]21. The maximum absolute atomic E-state index is 14.0. The van der Waals surface area contributed by atoms with Crippen LogP contribution in [0.2, 0.25) is 19.6 Å². The second kappa shape index (κ2) is 14.1. The number of aryl methyl sites for hydroxylation is 2. The van der Waals surface area contributed by atoms with E-state index in [-0.39, 0.29) is 5.82 Å². The van der Waals surface area contributed by atoms with Gasteiger partial charge < -0.3 is 4.42 Å². The molecular weight excluding hydrogens is 838 g/mol. The minimum Gasteiger partial charge on any atom is -0.454 e. The van der Waals surface area contributed by atoms with Crippen LogP contribution >= 0.6 is 0 Å². The molecule has 1 spiro atoms. The summed E-state index contributed by atoms with van der Waals surface area (Å²) < 4.78 is 38.7. The first kappa shape index (κ1) is 38.8. The zero-order chi connectivity index (χ0) is 46.6. The summed E-state index contributed by atoms with van der Waals surface area (Å²) in [5.41, 5.74) is 17.7. The predicted molar refractivity (Wildman–Crippen MR) is 275 cm³/mol. The minimum absolute atomic E-state index is 0.247. The Balaban J connectivity index is 1.19. The number of pyridine rings is 1. The average Bonchev–Trinajstić information content (AvgIpc) is 4.04. The van der Waals surface area contributed by atoms with E-state index in [1.807, 2.05) is 26.0 Å². The molecule has 1 atom stereocenters. The van der Waals surface area contributed by atoms with Crippen LogP contribution in [0, 0.1) is 19.7 Å². The van der Waals surface area contributed by atoms with E-state index in [1.54, 1.807) is 0 Å². The summed E-state index contributed by atoms with van der Waals surface area (Å²) in [5, 5.41) is 5.48. The van der Waals surface area contributed by atoms with E-state index >= 15 is 0 Å². The normalized spacial score (nSPS) is 15.4. The molecule has 0 N–H and O–H groups in total. The predicted octanol–water partition coefficient (Wildman–Crippen LogP) is 14.3. The highest BCUT2D eigenvalue weighted by atomic mass is 28.3. The Morgan fingerprint density at radius 2 is 1.30 bits per heavy atom. The number of benzene rings is 8. The number of aromatic nitrogens is 3. The molecule has 3 aromatic heterocycles. The first-order valence-electron chi connectivity index (χ1n) is 23.9. The fraction of sp³-hybridized carbons (Fsp3) is 0.148. The summed E-state index contributed by atoms with van der Waals surface area (Å²) in [7, 11) is -2.05. The molecule has 0 amide bonds. The Labute approximate surface area is 392 Å². The van der Waals surface area contributed by atoms with Crippen LogP contribution in [-0.4, -0.2) is 12.6 Å². The topological polar surface area (TPSA) is 25.8 Å². The van der Waals surface area contributed by atoms with Gasteiger partial charge in [-0.25, -0.2) is 4.39 Å². The van der Waals surface area contributed by atoms with E-state index in [9.17, 15) is 5.76 Å². The number of hydrogen-bond donors (Lipinski definition) is 0. The van der Waals surface area contributed by atoms with Crippen LogP contribution in [0.1, 0.15) is 48.9 Å². The van der Waals surface area contributed by atoms with Crippen molar-refractivity contribution in [1.29, 1.82) is 0 Å². The zero-order valence-electron chi connectivity index (χ0n) is 39.8. The molecule has 0 saturated heterocycles. The molecule has 8 aromatic carbocycles. The molecule has 5 heterocycles. The van der Waals surface area contributed by atoms with E-state index < -0.39 is 19.6 Å². The summed E-state index contributed by atoms with van der Waals surface area (Å²) >= 11 is 0. The number of para-hydroxylation sites is 2. The molecule has 13 rings (SSSR count). The maximum atomic E-state index is 14.0. The molecule has 2 aliphatic heterocycles. The number of hydrogen-bond acceptors (Lipinski definition) is 1. The van der Waals surface area contributed by atoms with Gasteiger partial charge in [0.1, 0.15) is 22.7 Å². The van der Waals surface area contributed by atoms with Crippen molar-refractivity contribution in [3.63, 3.8) is 0 Å². The molecule has 0 aliphatic carbocycles. The van der Waals surface area contributed by atoms with Crippen molar-refractivity contribution in [3.8, 4) is 50.6 Å². The number of imidazole rings is 1. The fourth-order valence-electron chi connectivity index (χ4n) is 11.8. The summed E-state index contributed by atoms with van der Waals surface area (Å²) in [5.74, 6) is 0.00710. The van der Waals surface area contributed by atoms with Gasteiger partial charge in [-0.15, -0.1) is 9.13 Å². The molecule has 11 aromatic rings. The minimum atomic E-state index is -2.05. The largest absolute Gasteiger partial charge is 0.454 e. The van der Waals surface area contributed by atoms with Crippen molar-refractivity contribution in [2.75, 3.05) is 0 Å². The van der Waals surface area contributed by atoms with Crippen LogP contribution in [0.5, 0.6) is 0 Å². The second-order valence-corrected chi connectivity index (χ2v) is 25.0. The zero-order valence-corrected chi connectivity index (χ0v) is 39.8. The van der Waals surface area contributed by atoms with Crippen LogP contribution in [-0.2, 0) is 5.66 Å². The van der Waals surface area contributed by atoms with Crippen molar-refractivity contribution >= 4 is 57.0 Å². The summed E-state index contributed by atoms with van der Waals surface area (Å²) in [6.07, 6.45) is 2.44. The van der Waals surface area contributed by atoms with E-state index in [4.69, 9.17) is 4.42 Å². The highest BCUT2D eigenvalue weighted by Crippen LogP contribution is 2.53. The molecule has 0 bridgehead atoms. The Morgan fingerprint density at radius 3 is 2.06 bits per heavy atom. The van der Waals surface area contributed by atoms with Gasteiger partial charge in [0.25, 0.3) is 0 Å². The highest BCUT2D eigenvalue weighted by Gasteiger charge is 2.67. The molecule has 0 fully saturated rings. The number of rotatable bonds is 5. The van der Waals surface area contributed by atoms with Crippen LogP contribution in [0.3, 0.4) is 0 Å². The average molecular weight is 889 g/mol. The van der Waals surface area contributed by atoms with Crippen LogP contribution in [0.25, 0.3) is 94.3 Å². The molecule has 324 valence electrons.